The van der Waals surface area contributed by atoms with Crippen LogP contribution in [0.1, 0.15) is 38.0 Å². The molecule has 6 heteroatoms. The highest BCUT2D eigenvalue weighted by atomic mass is 32.2. The highest BCUT2D eigenvalue weighted by Crippen LogP contribution is 2.19. The number of hydrogen-bond acceptors (Lipinski definition) is 4. The largest absolute Gasteiger partial charge is 0.345 e. The molecule has 0 unspecified atom stereocenters. The van der Waals surface area contributed by atoms with Gasteiger partial charge in [0, 0.05) is 11.1 Å². The third-order valence-corrected chi connectivity index (χ3v) is 3.21. The highest BCUT2D eigenvalue weighted by molar-refractivity contribution is 8.22. The summed E-state index contributed by atoms with van der Waals surface area (Å²) in [6, 6.07) is 0. The average molecular weight is 270 g/mol. The van der Waals surface area contributed by atoms with Gasteiger partial charge in [-0.3, -0.25) is 5.43 Å². The molecule has 0 amide bonds. The first kappa shape index (κ1) is 14.2. The van der Waals surface area contributed by atoms with E-state index in [0.29, 0.717) is 4.32 Å². The lowest BCUT2D eigenvalue weighted by Crippen LogP contribution is -2.13. The van der Waals surface area contributed by atoms with Crippen LogP contribution in [0.3, 0.4) is 0 Å². The minimum absolute atomic E-state index is 0.0127. The third kappa shape index (κ3) is 4.12. The summed E-state index contributed by atoms with van der Waals surface area (Å²) in [5, 5.41) is 4.05. The van der Waals surface area contributed by atoms with E-state index >= 15 is 0 Å². The number of aromatic nitrogens is 2. The van der Waals surface area contributed by atoms with E-state index in [1.54, 1.807) is 6.21 Å². The first-order valence-electron chi connectivity index (χ1n) is 5.28. The lowest BCUT2D eigenvalue weighted by molar-refractivity contribution is 0.551. The predicted molar refractivity (Wildman–Crippen MR) is 78.9 cm³/mol. The Kier molecular flexibility index (Phi) is 4.70. The van der Waals surface area contributed by atoms with E-state index in [9.17, 15) is 0 Å². The van der Waals surface area contributed by atoms with Gasteiger partial charge < -0.3 is 4.98 Å². The molecule has 1 rings (SSSR count). The number of aryl methyl sites for hydroxylation is 1. The Hall–Kier alpha value is -0.880. The fraction of sp³-hybridized carbons (Fsp3) is 0.545. The normalized spacial score (nSPS) is 12.1. The molecule has 2 N–H and O–H groups in total. The molecule has 0 spiro atoms. The van der Waals surface area contributed by atoms with E-state index in [4.69, 9.17) is 12.2 Å². The SMILES string of the molecule is CSC(=S)N/N=C/c1nc(C(C)(C)C)[nH]c1C. The van der Waals surface area contributed by atoms with E-state index in [-0.39, 0.29) is 5.41 Å². The second-order valence-corrected chi connectivity index (χ2v) is 6.19. The van der Waals surface area contributed by atoms with Gasteiger partial charge in [-0.15, -0.1) is 0 Å². The van der Waals surface area contributed by atoms with Crippen molar-refractivity contribution < 1.29 is 0 Å². The Morgan fingerprint density at radius 3 is 2.65 bits per heavy atom. The van der Waals surface area contributed by atoms with Gasteiger partial charge in [0.15, 0.2) is 4.32 Å². The molecule has 1 heterocycles. The molecule has 0 aliphatic carbocycles. The zero-order valence-corrected chi connectivity index (χ0v) is 12.4. The molecular weight excluding hydrogens is 252 g/mol. The fourth-order valence-electron chi connectivity index (χ4n) is 1.15. The predicted octanol–water partition coefficient (Wildman–Crippen LogP) is 2.59. The number of imidazole rings is 1. The summed E-state index contributed by atoms with van der Waals surface area (Å²) >= 11 is 6.43. The minimum Gasteiger partial charge on any atom is -0.345 e. The van der Waals surface area contributed by atoms with Crippen molar-refractivity contribution in [3.05, 3.63) is 17.2 Å². The quantitative estimate of drug-likeness (QED) is 0.493. The number of thiocarbonyl (C=S) groups is 1. The van der Waals surface area contributed by atoms with Gasteiger partial charge in [-0.25, -0.2) is 4.98 Å². The van der Waals surface area contributed by atoms with Gasteiger partial charge in [-0.1, -0.05) is 44.8 Å². The molecule has 1 aromatic heterocycles. The number of aromatic amines is 1. The van der Waals surface area contributed by atoms with Gasteiger partial charge in [0.25, 0.3) is 0 Å². The average Bonchev–Trinajstić information content (AvgIpc) is 2.60. The van der Waals surface area contributed by atoms with Crippen molar-refractivity contribution in [3.8, 4) is 0 Å². The Morgan fingerprint density at radius 1 is 1.53 bits per heavy atom. The maximum atomic E-state index is 4.98. The standard InChI is InChI=1S/C11H18N4S2/c1-7-8(6-12-15-10(16)17-5)14-9(13-7)11(2,3)4/h6H,1-5H3,(H,13,14)(H,15,16)/b12-6+. The lowest BCUT2D eigenvalue weighted by Gasteiger charge is -2.13. The summed E-state index contributed by atoms with van der Waals surface area (Å²) < 4.78 is 0.644. The second-order valence-electron chi connectivity index (χ2n) is 4.71. The van der Waals surface area contributed by atoms with Crippen LogP contribution in [0.4, 0.5) is 0 Å². The van der Waals surface area contributed by atoms with Crippen LogP contribution in [0.25, 0.3) is 0 Å². The first-order chi connectivity index (χ1) is 7.84. The molecule has 0 saturated heterocycles. The molecule has 0 fully saturated rings. The van der Waals surface area contributed by atoms with Crippen molar-refractivity contribution in [2.45, 2.75) is 33.1 Å². The van der Waals surface area contributed by atoms with E-state index in [0.717, 1.165) is 17.2 Å². The number of thioether (sulfide) groups is 1. The summed E-state index contributed by atoms with van der Waals surface area (Å²) in [6.45, 7) is 8.34. The van der Waals surface area contributed by atoms with Crippen LogP contribution in [0.2, 0.25) is 0 Å². The van der Waals surface area contributed by atoms with Gasteiger partial charge in [0.05, 0.1) is 6.21 Å². The van der Waals surface area contributed by atoms with E-state index < -0.39 is 0 Å². The maximum Gasteiger partial charge on any atom is 0.153 e. The Balaban J connectivity index is 2.79. The Labute approximate surface area is 112 Å². The van der Waals surface area contributed by atoms with Gasteiger partial charge in [0.2, 0.25) is 0 Å². The van der Waals surface area contributed by atoms with Gasteiger partial charge in [-0.2, -0.15) is 5.10 Å². The van der Waals surface area contributed by atoms with Crippen LogP contribution < -0.4 is 5.43 Å². The molecule has 4 nitrogen and oxygen atoms in total. The molecule has 0 aliphatic rings. The molecule has 17 heavy (non-hydrogen) atoms. The van der Waals surface area contributed by atoms with E-state index in [2.05, 4.69) is 41.3 Å². The third-order valence-electron chi connectivity index (χ3n) is 2.16. The molecule has 0 aromatic carbocycles. The number of nitrogens with zero attached hydrogens (tertiary/aromatic N) is 2. The minimum atomic E-state index is 0.0127. The number of hydrogen-bond donors (Lipinski definition) is 2. The summed E-state index contributed by atoms with van der Waals surface area (Å²) in [4.78, 5) is 7.78. The van der Waals surface area contributed by atoms with Crippen LogP contribution in [-0.4, -0.2) is 26.8 Å². The molecule has 0 bridgehead atoms. The van der Waals surface area contributed by atoms with Crippen molar-refractivity contribution in [2.24, 2.45) is 5.10 Å². The van der Waals surface area contributed by atoms with Crippen molar-refractivity contribution in [3.63, 3.8) is 0 Å². The van der Waals surface area contributed by atoms with Crippen molar-refractivity contribution >= 4 is 34.5 Å². The smallest absolute Gasteiger partial charge is 0.153 e. The lowest BCUT2D eigenvalue weighted by atomic mass is 9.96. The zero-order chi connectivity index (χ0) is 13.1. The van der Waals surface area contributed by atoms with Gasteiger partial charge >= 0.3 is 0 Å². The number of nitrogens with one attached hydrogen (secondary N) is 2. The monoisotopic (exact) mass is 270 g/mol. The van der Waals surface area contributed by atoms with Crippen LogP contribution >= 0.6 is 24.0 Å². The van der Waals surface area contributed by atoms with Gasteiger partial charge in [0.1, 0.15) is 11.5 Å². The molecule has 0 aliphatic heterocycles. The molecular formula is C11H18N4S2. The van der Waals surface area contributed by atoms with Crippen molar-refractivity contribution in [1.82, 2.24) is 15.4 Å². The maximum absolute atomic E-state index is 4.98. The molecule has 94 valence electrons. The van der Waals surface area contributed by atoms with Crippen LogP contribution in [0, 0.1) is 6.92 Å². The summed E-state index contributed by atoms with van der Waals surface area (Å²) in [7, 11) is 0. The zero-order valence-electron chi connectivity index (χ0n) is 10.8. The fourth-order valence-corrected chi connectivity index (χ4v) is 1.34. The van der Waals surface area contributed by atoms with Crippen LogP contribution in [-0.2, 0) is 5.41 Å². The Bertz CT molecular complexity index is 429. The topological polar surface area (TPSA) is 53.1 Å². The molecule has 0 atom stereocenters. The first-order valence-corrected chi connectivity index (χ1v) is 6.92. The van der Waals surface area contributed by atoms with E-state index in [1.807, 2.05) is 13.2 Å². The van der Waals surface area contributed by atoms with Crippen molar-refractivity contribution in [1.29, 1.82) is 0 Å². The summed E-state index contributed by atoms with van der Waals surface area (Å²) in [5.41, 5.74) is 4.63. The van der Waals surface area contributed by atoms with E-state index in [1.165, 1.54) is 11.8 Å². The van der Waals surface area contributed by atoms with Crippen LogP contribution in [0.5, 0.6) is 0 Å². The number of rotatable bonds is 2. The van der Waals surface area contributed by atoms with Gasteiger partial charge in [-0.05, 0) is 13.2 Å². The molecule has 0 saturated carbocycles. The summed E-state index contributed by atoms with van der Waals surface area (Å²) in [5.74, 6) is 0.962. The van der Waals surface area contributed by atoms with Crippen molar-refractivity contribution in [2.75, 3.05) is 6.26 Å². The molecule has 0 radical (unpaired) electrons. The summed E-state index contributed by atoms with van der Waals surface area (Å²) in [6.07, 6.45) is 3.59. The second kappa shape index (κ2) is 5.64. The number of H-pyrrole nitrogens is 1. The molecule has 1 aromatic rings. The Morgan fingerprint density at radius 2 is 2.18 bits per heavy atom. The number of hydrazone groups is 1. The highest BCUT2D eigenvalue weighted by Gasteiger charge is 2.18. The van der Waals surface area contributed by atoms with Crippen LogP contribution in [0.15, 0.2) is 5.10 Å².